The van der Waals surface area contributed by atoms with E-state index in [-0.39, 0.29) is 11.6 Å². The molecule has 3 aromatic rings. The van der Waals surface area contributed by atoms with E-state index in [0.29, 0.717) is 6.54 Å². The van der Waals surface area contributed by atoms with Crippen molar-refractivity contribution < 1.29 is 9.53 Å². The zero-order chi connectivity index (χ0) is 21.4. The average molecular weight is 416 g/mol. The fourth-order valence-corrected chi connectivity index (χ4v) is 4.86. The van der Waals surface area contributed by atoms with Gasteiger partial charge in [-0.05, 0) is 73.0 Å². The van der Waals surface area contributed by atoms with E-state index in [0.717, 1.165) is 55.6 Å². The molecule has 2 amide bonds. The number of carbonyl (C=O) groups is 1. The van der Waals surface area contributed by atoms with Gasteiger partial charge in [-0.1, -0.05) is 18.2 Å². The summed E-state index contributed by atoms with van der Waals surface area (Å²) in [5, 5.41) is 5.28. The Balaban J connectivity index is 1.34. The molecule has 160 valence electrons. The van der Waals surface area contributed by atoms with Gasteiger partial charge >= 0.3 is 6.03 Å². The second kappa shape index (κ2) is 7.88. The van der Waals surface area contributed by atoms with Crippen molar-refractivity contribution in [1.82, 2.24) is 15.2 Å². The van der Waals surface area contributed by atoms with Gasteiger partial charge in [0.2, 0.25) is 0 Å². The van der Waals surface area contributed by atoms with Crippen LogP contribution in [0.2, 0.25) is 0 Å². The molecule has 0 atom stereocenters. The predicted octanol–water partition coefficient (Wildman–Crippen LogP) is 5.10. The second-order valence-corrected chi connectivity index (χ2v) is 8.82. The van der Waals surface area contributed by atoms with Gasteiger partial charge in [0, 0.05) is 49.8 Å². The first-order valence-corrected chi connectivity index (χ1v) is 11.3. The highest BCUT2D eigenvalue weighted by atomic mass is 16.5. The number of pyridine rings is 1. The van der Waals surface area contributed by atoms with Gasteiger partial charge in [0.25, 0.3) is 0 Å². The first-order chi connectivity index (χ1) is 15.0. The number of ether oxygens (including phenoxy) is 1. The Morgan fingerprint density at radius 2 is 1.84 bits per heavy atom. The molecule has 0 bridgehead atoms. The zero-order valence-electron chi connectivity index (χ0n) is 18.3. The highest BCUT2D eigenvalue weighted by molar-refractivity contribution is 5.87. The van der Waals surface area contributed by atoms with E-state index in [1.807, 2.05) is 24.9 Å². The number of benzene rings is 2. The molecule has 2 aliphatic rings. The molecule has 5 nitrogen and oxygen atoms in total. The quantitative estimate of drug-likeness (QED) is 0.634. The minimum absolute atomic E-state index is 0.0413. The van der Waals surface area contributed by atoms with E-state index >= 15 is 0 Å². The molecule has 0 saturated carbocycles. The van der Waals surface area contributed by atoms with Crippen LogP contribution in [0.4, 0.5) is 4.79 Å². The third kappa shape index (κ3) is 3.85. The van der Waals surface area contributed by atoms with Crippen LogP contribution < -0.4 is 10.1 Å². The molecule has 31 heavy (non-hydrogen) atoms. The van der Waals surface area contributed by atoms with E-state index in [9.17, 15) is 4.79 Å². The number of rotatable bonds is 2. The Kier molecular flexibility index (Phi) is 5.05. The highest BCUT2D eigenvalue weighted by Gasteiger charge is 2.40. The van der Waals surface area contributed by atoms with Crippen LogP contribution in [0.1, 0.15) is 37.4 Å². The van der Waals surface area contributed by atoms with E-state index in [4.69, 9.17) is 4.74 Å². The number of nitrogens with one attached hydrogen (secondary N) is 1. The first-order valence-electron chi connectivity index (χ1n) is 11.3. The summed E-state index contributed by atoms with van der Waals surface area (Å²) < 4.78 is 6.56. The molecule has 2 aliphatic heterocycles. The second-order valence-electron chi connectivity index (χ2n) is 8.82. The first kappa shape index (κ1) is 19.9. The average Bonchev–Trinajstić information content (AvgIpc) is 2.79. The van der Waals surface area contributed by atoms with Crippen LogP contribution in [-0.2, 0) is 6.42 Å². The van der Waals surface area contributed by atoms with Gasteiger partial charge in [-0.25, -0.2) is 4.79 Å². The SMILES string of the molecule is CCNC(=O)N1CCC2(CCc3cc(-c4ccc5cnc(C)cc5c4)ccc3O2)CC1. The van der Waals surface area contributed by atoms with Crippen LogP contribution in [0, 0.1) is 6.92 Å². The Bertz CT molecular complexity index is 1130. The number of hydrogen-bond acceptors (Lipinski definition) is 3. The molecule has 1 N–H and O–H groups in total. The number of nitrogens with zero attached hydrogens (tertiary/aromatic N) is 2. The van der Waals surface area contributed by atoms with Crippen LogP contribution in [0.3, 0.4) is 0 Å². The van der Waals surface area contributed by atoms with Gasteiger partial charge in [0.1, 0.15) is 11.4 Å². The standard InChI is InChI=1S/C26H29N3O2/c1-3-27-25(30)29-12-10-26(11-13-29)9-8-21-15-20(6-7-24(21)31-26)19-4-5-22-17-28-18(2)14-23(22)16-19/h4-7,14-17H,3,8-13H2,1-2H3,(H,27,30). The van der Waals surface area contributed by atoms with Crippen molar-refractivity contribution in [3.05, 3.63) is 59.9 Å². The molecule has 5 heteroatoms. The predicted molar refractivity (Wildman–Crippen MR) is 123 cm³/mol. The van der Waals surface area contributed by atoms with Crippen molar-refractivity contribution in [2.45, 2.75) is 45.1 Å². The Labute approximate surface area is 183 Å². The number of hydrogen-bond donors (Lipinski definition) is 1. The summed E-state index contributed by atoms with van der Waals surface area (Å²) >= 11 is 0. The van der Waals surface area contributed by atoms with Crippen LogP contribution in [0.25, 0.3) is 21.9 Å². The maximum absolute atomic E-state index is 12.1. The van der Waals surface area contributed by atoms with Crippen molar-refractivity contribution in [2.75, 3.05) is 19.6 Å². The minimum atomic E-state index is -0.134. The Hall–Kier alpha value is -3.08. The Morgan fingerprint density at radius 1 is 1.06 bits per heavy atom. The Morgan fingerprint density at radius 3 is 2.65 bits per heavy atom. The van der Waals surface area contributed by atoms with Gasteiger partial charge in [0.15, 0.2) is 0 Å². The van der Waals surface area contributed by atoms with E-state index in [1.54, 1.807) is 0 Å². The van der Waals surface area contributed by atoms with Gasteiger partial charge in [0.05, 0.1) is 0 Å². The number of likely N-dealkylation sites (tertiary alicyclic amines) is 1. The number of carbonyl (C=O) groups excluding carboxylic acids is 1. The van der Waals surface area contributed by atoms with Gasteiger partial charge < -0.3 is 15.0 Å². The van der Waals surface area contributed by atoms with Gasteiger partial charge in [-0.15, -0.1) is 0 Å². The summed E-state index contributed by atoms with van der Waals surface area (Å²) in [5.74, 6) is 1.00. The van der Waals surface area contributed by atoms with Crippen molar-refractivity contribution in [1.29, 1.82) is 0 Å². The number of fused-ring (bicyclic) bond motifs is 2. The lowest BCUT2D eigenvalue weighted by Crippen LogP contribution is -2.53. The molecule has 1 fully saturated rings. The highest BCUT2D eigenvalue weighted by Crippen LogP contribution is 2.41. The molecule has 0 aliphatic carbocycles. The molecule has 1 spiro atoms. The lowest BCUT2D eigenvalue weighted by atomic mass is 9.82. The van der Waals surface area contributed by atoms with Crippen LogP contribution in [0.15, 0.2) is 48.7 Å². The molecule has 2 aromatic carbocycles. The maximum atomic E-state index is 12.1. The van der Waals surface area contributed by atoms with Crippen molar-refractivity contribution in [3.63, 3.8) is 0 Å². The third-order valence-corrected chi connectivity index (χ3v) is 6.72. The maximum Gasteiger partial charge on any atom is 0.317 e. The lowest BCUT2D eigenvalue weighted by molar-refractivity contribution is -0.00543. The van der Waals surface area contributed by atoms with Gasteiger partial charge in [-0.2, -0.15) is 0 Å². The van der Waals surface area contributed by atoms with E-state index in [1.165, 1.54) is 22.1 Å². The largest absolute Gasteiger partial charge is 0.487 e. The molecule has 3 heterocycles. The number of amides is 2. The van der Waals surface area contributed by atoms with Crippen molar-refractivity contribution in [2.24, 2.45) is 0 Å². The van der Waals surface area contributed by atoms with E-state index in [2.05, 4.69) is 52.8 Å². The summed E-state index contributed by atoms with van der Waals surface area (Å²) in [6.45, 7) is 6.16. The number of urea groups is 1. The molecular weight excluding hydrogens is 386 g/mol. The van der Waals surface area contributed by atoms with Gasteiger partial charge in [-0.3, -0.25) is 4.98 Å². The number of aromatic nitrogens is 1. The smallest absolute Gasteiger partial charge is 0.317 e. The van der Waals surface area contributed by atoms with Crippen molar-refractivity contribution in [3.8, 4) is 16.9 Å². The molecule has 1 aromatic heterocycles. The molecular formula is C26H29N3O2. The summed E-state index contributed by atoms with van der Waals surface area (Å²) in [6.07, 6.45) is 5.74. The summed E-state index contributed by atoms with van der Waals surface area (Å²) in [7, 11) is 0. The molecule has 0 unspecified atom stereocenters. The molecule has 5 rings (SSSR count). The van der Waals surface area contributed by atoms with E-state index < -0.39 is 0 Å². The summed E-state index contributed by atoms with van der Waals surface area (Å²) in [4.78, 5) is 18.4. The van der Waals surface area contributed by atoms with Crippen molar-refractivity contribution >= 4 is 16.8 Å². The topological polar surface area (TPSA) is 54.5 Å². The third-order valence-electron chi connectivity index (χ3n) is 6.72. The fourth-order valence-electron chi connectivity index (χ4n) is 4.86. The molecule has 0 radical (unpaired) electrons. The van der Waals surface area contributed by atoms with Crippen LogP contribution >= 0.6 is 0 Å². The number of aryl methyl sites for hydroxylation is 2. The molecule has 1 saturated heterocycles. The van der Waals surface area contributed by atoms with Crippen LogP contribution in [0.5, 0.6) is 5.75 Å². The summed E-state index contributed by atoms with van der Waals surface area (Å²) in [6, 6.07) is 15.3. The zero-order valence-corrected chi connectivity index (χ0v) is 18.3. The fraction of sp³-hybridized carbons (Fsp3) is 0.385. The summed E-state index contributed by atoms with van der Waals surface area (Å²) in [5.41, 5.74) is 4.62. The normalized spacial score (nSPS) is 17.3. The lowest BCUT2D eigenvalue weighted by Gasteiger charge is -2.44. The monoisotopic (exact) mass is 415 g/mol. The minimum Gasteiger partial charge on any atom is -0.487 e. The van der Waals surface area contributed by atoms with Crippen LogP contribution in [-0.4, -0.2) is 41.2 Å². The number of piperidine rings is 1.